The minimum absolute atomic E-state index is 0.0346. The van der Waals surface area contributed by atoms with Gasteiger partial charge in [-0.1, -0.05) is 20.4 Å². The Kier molecular flexibility index (Phi) is 7.21. The minimum Gasteiger partial charge on any atom is -0.478 e. The predicted octanol–water partition coefficient (Wildman–Crippen LogP) is 0.864. The number of hydrogen-bond acceptors (Lipinski definition) is 3. The summed E-state index contributed by atoms with van der Waals surface area (Å²) in [7, 11) is 0. The van der Waals surface area contributed by atoms with Crippen LogP contribution in [0.1, 0.15) is 27.2 Å². The molecular weight excluding hydrogens is 220 g/mol. The number of carbonyl (C=O) groups excluding carboxylic acids is 1. The van der Waals surface area contributed by atoms with E-state index in [1.165, 1.54) is 6.92 Å². The number of carboxylic acid groups (broad SMARTS) is 1. The van der Waals surface area contributed by atoms with E-state index in [2.05, 4.69) is 16.8 Å². The number of rotatable bonds is 8. The van der Waals surface area contributed by atoms with Gasteiger partial charge in [0.05, 0.1) is 11.6 Å². The Labute approximate surface area is 102 Å². The molecule has 0 rings (SSSR count). The highest BCUT2D eigenvalue weighted by molar-refractivity contribution is 5.88. The molecular formula is C12H22N2O3. The Morgan fingerprint density at radius 1 is 1.35 bits per heavy atom. The summed E-state index contributed by atoms with van der Waals surface area (Å²) in [5.41, 5.74) is 0.0346. The number of hydrogen-bond donors (Lipinski definition) is 2. The molecule has 0 aromatic carbocycles. The van der Waals surface area contributed by atoms with Gasteiger partial charge in [0, 0.05) is 13.5 Å². The Morgan fingerprint density at radius 3 is 2.24 bits per heavy atom. The van der Waals surface area contributed by atoms with Crippen LogP contribution in [0, 0.1) is 0 Å². The molecule has 0 unspecified atom stereocenters. The van der Waals surface area contributed by atoms with E-state index in [1.54, 1.807) is 0 Å². The quantitative estimate of drug-likeness (QED) is 0.619. The van der Waals surface area contributed by atoms with Crippen molar-refractivity contribution in [1.29, 1.82) is 0 Å². The van der Waals surface area contributed by atoms with E-state index in [0.29, 0.717) is 6.42 Å². The summed E-state index contributed by atoms with van der Waals surface area (Å²) in [4.78, 5) is 24.0. The first-order valence-electron chi connectivity index (χ1n) is 5.83. The van der Waals surface area contributed by atoms with Crippen LogP contribution in [-0.2, 0) is 9.59 Å². The van der Waals surface area contributed by atoms with Crippen LogP contribution in [0.2, 0.25) is 0 Å². The Balaban J connectivity index is 4.43. The van der Waals surface area contributed by atoms with Crippen LogP contribution in [-0.4, -0.2) is 47.6 Å². The molecule has 1 atom stereocenters. The number of carboxylic acids is 1. The zero-order valence-electron chi connectivity index (χ0n) is 10.8. The van der Waals surface area contributed by atoms with Gasteiger partial charge < -0.3 is 15.3 Å². The molecule has 0 aliphatic carbocycles. The third kappa shape index (κ3) is 6.06. The highest BCUT2D eigenvalue weighted by Gasteiger charge is 2.19. The van der Waals surface area contributed by atoms with Crippen molar-refractivity contribution in [2.24, 2.45) is 0 Å². The van der Waals surface area contributed by atoms with E-state index in [0.717, 1.165) is 19.6 Å². The third-order valence-corrected chi connectivity index (χ3v) is 2.70. The van der Waals surface area contributed by atoms with Crippen LogP contribution >= 0.6 is 0 Å². The van der Waals surface area contributed by atoms with Crippen LogP contribution in [0.25, 0.3) is 0 Å². The molecule has 0 bridgehead atoms. The van der Waals surface area contributed by atoms with Crippen LogP contribution < -0.4 is 5.32 Å². The molecule has 0 saturated heterocycles. The molecule has 0 aromatic heterocycles. The number of nitrogens with one attached hydrogen (secondary N) is 1. The lowest BCUT2D eigenvalue weighted by molar-refractivity contribution is -0.133. The fourth-order valence-electron chi connectivity index (χ4n) is 1.58. The smallest absolute Gasteiger partial charge is 0.333 e. The van der Waals surface area contributed by atoms with Gasteiger partial charge in [-0.3, -0.25) is 4.79 Å². The Hall–Kier alpha value is -1.36. The Bertz CT molecular complexity index is 285. The zero-order valence-corrected chi connectivity index (χ0v) is 10.8. The summed E-state index contributed by atoms with van der Waals surface area (Å²) in [6, 6.07) is -0.495. The largest absolute Gasteiger partial charge is 0.478 e. The van der Waals surface area contributed by atoms with E-state index in [4.69, 9.17) is 5.11 Å². The highest BCUT2D eigenvalue weighted by Crippen LogP contribution is 2.06. The molecule has 0 heterocycles. The standard InChI is InChI=1S/C12H22N2O3/c1-5-14(6-2)8-7-11(13-10(4)15)9(3)12(16)17/h11H,3,5-8H2,1-2,4H3,(H,13,15)(H,16,17)/t11-/m0/s1. The second-order valence-electron chi connectivity index (χ2n) is 3.90. The van der Waals surface area contributed by atoms with E-state index >= 15 is 0 Å². The molecule has 2 N–H and O–H groups in total. The van der Waals surface area contributed by atoms with Crippen LogP contribution in [0.3, 0.4) is 0 Å². The molecule has 17 heavy (non-hydrogen) atoms. The number of carbonyl (C=O) groups is 2. The van der Waals surface area contributed by atoms with Crippen molar-refractivity contribution in [2.45, 2.75) is 33.2 Å². The monoisotopic (exact) mass is 242 g/mol. The maximum absolute atomic E-state index is 11.0. The first-order chi connectivity index (χ1) is 7.92. The van der Waals surface area contributed by atoms with Gasteiger partial charge in [-0.15, -0.1) is 0 Å². The molecule has 0 aliphatic heterocycles. The molecule has 5 heteroatoms. The molecule has 0 saturated carbocycles. The normalized spacial score (nSPS) is 12.2. The fourth-order valence-corrected chi connectivity index (χ4v) is 1.58. The molecule has 0 aliphatic rings. The van der Waals surface area contributed by atoms with E-state index in [9.17, 15) is 9.59 Å². The first-order valence-corrected chi connectivity index (χ1v) is 5.83. The number of aliphatic carboxylic acids is 1. The lowest BCUT2D eigenvalue weighted by Gasteiger charge is -2.23. The highest BCUT2D eigenvalue weighted by atomic mass is 16.4. The SMILES string of the molecule is C=C(C(=O)O)[C@H](CCN(CC)CC)NC(C)=O. The average molecular weight is 242 g/mol. The second-order valence-corrected chi connectivity index (χ2v) is 3.90. The van der Waals surface area contributed by atoms with Crippen molar-refractivity contribution in [1.82, 2.24) is 10.2 Å². The number of amides is 1. The van der Waals surface area contributed by atoms with Crippen LogP contribution in [0.15, 0.2) is 12.2 Å². The topological polar surface area (TPSA) is 69.6 Å². The van der Waals surface area contributed by atoms with Gasteiger partial charge in [-0.25, -0.2) is 4.79 Å². The second kappa shape index (κ2) is 7.84. The molecule has 0 fully saturated rings. The average Bonchev–Trinajstić information content (AvgIpc) is 2.27. The lowest BCUT2D eigenvalue weighted by atomic mass is 10.1. The van der Waals surface area contributed by atoms with Gasteiger partial charge in [-0.2, -0.15) is 0 Å². The maximum atomic E-state index is 11.0. The van der Waals surface area contributed by atoms with Crippen molar-refractivity contribution < 1.29 is 14.7 Å². The zero-order chi connectivity index (χ0) is 13.4. The third-order valence-electron chi connectivity index (χ3n) is 2.70. The van der Waals surface area contributed by atoms with Gasteiger partial charge >= 0.3 is 5.97 Å². The van der Waals surface area contributed by atoms with Crippen molar-refractivity contribution >= 4 is 11.9 Å². The molecule has 0 spiro atoms. The first kappa shape index (κ1) is 15.6. The van der Waals surface area contributed by atoms with Crippen LogP contribution in [0.4, 0.5) is 0 Å². The molecule has 0 aromatic rings. The number of nitrogens with zero attached hydrogens (tertiary/aromatic N) is 1. The maximum Gasteiger partial charge on any atom is 0.333 e. The molecule has 98 valence electrons. The van der Waals surface area contributed by atoms with E-state index in [1.807, 2.05) is 13.8 Å². The van der Waals surface area contributed by atoms with Gasteiger partial charge in [-0.05, 0) is 19.5 Å². The molecule has 1 amide bonds. The lowest BCUT2D eigenvalue weighted by Crippen LogP contribution is -2.39. The van der Waals surface area contributed by atoms with E-state index < -0.39 is 12.0 Å². The van der Waals surface area contributed by atoms with Crippen molar-refractivity contribution in [3.8, 4) is 0 Å². The minimum atomic E-state index is -1.07. The van der Waals surface area contributed by atoms with Gasteiger partial charge in [0.1, 0.15) is 0 Å². The Morgan fingerprint density at radius 2 is 1.88 bits per heavy atom. The summed E-state index contributed by atoms with van der Waals surface area (Å²) in [5.74, 6) is -1.31. The summed E-state index contributed by atoms with van der Waals surface area (Å²) >= 11 is 0. The predicted molar refractivity (Wildman–Crippen MR) is 66.8 cm³/mol. The summed E-state index contributed by atoms with van der Waals surface area (Å²) in [5, 5.41) is 11.5. The van der Waals surface area contributed by atoms with Crippen molar-refractivity contribution in [3.05, 3.63) is 12.2 Å². The van der Waals surface area contributed by atoms with Gasteiger partial charge in [0.15, 0.2) is 0 Å². The van der Waals surface area contributed by atoms with Crippen molar-refractivity contribution in [2.75, 3.05) is 19.6 Å². The fraction of sp³-hybridized carbons (Fsp3) is 0.667. The van der Waals surface area contributed by atoms with Crippen molar-refractivity contribution in [3.63, 3.8) is 0 Å². The van der Waals surface area contributed by atoms with Crippen LogP contribution in [0.5, 0.6) is 0 Å². The van der Waals surface area contributed by atoms with E-state index in [-0.39, 0.29) is 11.5 Å². The molecule has 5 nitrogen and oxygen atoms in total. The summed E-state index contributed by atoms with van der Waals surface area (Å²) in [6.45, 7) is 11.5. The van der Waals surface area contributed by atoms with Gasteiger partial charge in [0.25, 0.3) is 0 Å². The summed E-state index contributed by atoms with van der Waals surface area (Å²) < 4.78 is 0. The molecule has 0 radical (unpaired) electrons. The summed E-state index contributed by atoms with van der Waals surface area (Å²) in [6.07, 6.45) is 0.562. The van der Waals surface area contributed by atoms with Gasteiger partial charge in [0.2, 0.25) is 5.91 Å².